The second kappa shape index (κ2) is 7.80. The van der Waals surface area contributed by atoms with Gasteiger partial charge >= 0.3 is 0 Å². The third kappa shape index (κ3) is 4.87. The molecule has 1 aromatic rings. The fourth-order valence-electron chi connectivity index (χ4n) is 2.86. The van der Waals surface area contributed by atoms with Crippen LogP contribution in [-0.4, -0.2) is 30.4 Å². The Labute approximate surface area is 126 Å². The molecular weight excluding hydrogens is 262 g/mol. The maximum atomic E-state index is 12.1. The molecule has 1 saturated heterocycles. The van der Waals surface area contributed by atoms with Gasteiger partial charge in [0.2, 0.25) is 5.91 Å². The standard InChI is InChI=1S/C17H23N3O/c1-2-14-6-4-9-20(10-8-14)13-17(21)19-16-7-3-5-15(11-16)12-18/h3,5,7,11,14H,2,4,6,8-10,13H2,1H3,(H,19,21). The van der Waals surface area contributed by atoms with Crippen LogP contribution < -0.4 is 5.32 Å². The first-order valence-corrected chi connectivity index (χ1v) is 7.73. The van der Waals surface area contributed by atoms with Gasteiger partial charge in [-0.2, -0.15) is 5.26 Å². The van der Waals surface area contributed by atoms with E-state index in [1.165, 1.54) is 25.7 Å². The molecule has 0 spiro atoms. The monoisotopic (exact) mass is 285 g/mol. The van der Waals surface area contributed by atoms with Crippen molar-refractivity contribution in [1.29, 1.82) is 5.26 Å². The van der Waals surface area contributed by atoms with Crippen molar-refractivity contribution in [3.8, 4) is 6.07 Å². The third-order valence-electron chi connectivity index (χ3n) is 4.16. The van der Waals surface area contributed by atoms with Crippen LogP contribution in [0.15, 0.2) is 24.3 Å². The molecule has 4 nitrogen and oxygen atoms in total. The van der Waals surface area contributed by atoms with E-state index < -0.39 is 0 Å². The smallest absolute Gasteiger partial charge is 0.238 e. The van der Waals surface area contributed by atoms with Crippen molar-refractivity contribution in [3.63, 3.8) is 0 Å². The van der Waals surface area contributed by atoms with Crippen molar-refractivity contribution in [2.75, 3.05) is 25.0 Å². The van der Waals surface area contributed by atoms with Crippen molar-refractivity contribution in [1.82, 2.24) is 4.90 Å². The molecule has 0 aromatic heterocycles. The zero-order valence-electron chi connectivity index (χ0n) is 12.6. The molecule has 1 aliphatic rings. The molecule has 0 bridgehead atoms. The number of anilines is 1. The molecule has 1 N–H and O–H groups in total. The van der Waals surface area contributed by atoms with Crippen LogP contribution in [0.25, 0.3) is 0 Å². The number of benzene rings is 1. The summed E-state index contributed by atoms with van der Waals surface area (Å²) >= 11 is 0. The number of rotatable bonds is 4. The van der Waals surface area contributed by atoms with Crippen LogP contribution in [-0.2, 0) is 4.79 Å². The molecule has 4 heteroatoms. The zero-order valence-corrected chi connectivity index (χ0v) is 12.6. The summed E-state index contributed by atoms with van der Waals surface area (Å²) in [6.07, 6.45) is 4.88. The Balaban J connectivity index is 1.85. The number of hydrogen-bond acceptors (Lipinski definition) is 3. The van der Waals surface area contributed by atoms with E-state index in [1.54, 1.807) is 18.2 Å². The lowest BCUT2D eigenvalue weighted by Gasteiger charge is -2.19. The molecule has 1 amide bonds. The molecule has 2 rings (SSSR count). The highest BCUT2D eigenvalue weighted by Gasteiger charge is 2.17. The second-order valence-corrected chi connectivity index (χ2v) is 5.72. The van der Waals surface area contributed by atoms with Gasteiger partial charge in [-0.25, -0.2) is 0 Å². The molecule has 1 fully saturated rings. The molecule has 112 valence electrons. The van der Waals surface area contributed by atoms with Crippen LogP contribution in [0.5, 0.6) is 0 Å². The zero-order chi connectivity index (χ0) is 15.1. The quantitative estimate of drug-likeness (QED) is 0.925. The van der Waals surface area contributed by atoms with Crippen LogP contribution >= 0.6 is 0 Å². The van der Waals surface area contributed by atoms with Crippen LogP contribution in [0, 0.1) is 17.2 Å². The Morgan fingerprint density at radius 3 is 3.05 bits per heavy atom. The van der Waals surface area contributed by atoms with Gasteiger partial charge in [0.25, 0.3) is 0 Å². The van der Waals surface area contributed by atoms with Crippen molar-refractivity contribution < 1.29 is 4.79 Å². The lowest BCUT2D eigenvalue weighted by molar-refractivity contribution is -0.117. The maximum Gasteiger partial charge on any atom is 0.238 e. The number of nitrogens with zero attached hydrogens (tertiary/aromatic N) is 2. The lowest BCUT2D eigenvalue weighted by atomic mass is 9.98. The summed E-state index contributed by atoms with van der Waals surface area (Å²) in [6, 6.07) is 9.11. The summed E-state index contributed by atoms with van der Waals surface area (Å²) in [5, 5.41) is 11.7. The van der Waals surface area contributed by atoms with Crippen molar-refractivity contribution in [2.24, 2.45) is 5.92 Å². The van der Waals surface area contributed by atoms with Gasteiger partial charge in [0.05, 0.1) is 18.2 Å². The minimum Gasteiger partial charge on any atom is -0.325 e. The molecular formula is C17H23N3O. The first-order valence-electron chi connectivity index (χ1n) is 7.73. The number of hydrogen-bond donors (Lipinski definition) is 1. The fraction of sp³-hybridized carbons (Fsp3) is 0.529. The number of nitriles is 1. The van der Waals surface area contributed by atoms with Crippen LogP contribution in [0.2, 0.25) is 0 Å². The van der Waals surface area contributed by atoms with Gasteiger partial charge in [-0.3, -0.25) is 9.69 Å². The van der Waals surface area contributed by atoms with E-state index in [1.807, 2.05) is 6.07 Å². The summed E-state index contributed by atoms with van der Waals surface area (Å²) in [6.45, 7) is 4.69. The van der Waals surface area contributed by atoms with Crippen LogP contribution in [0.3, 0.4) is 0 Å². The van der Waals surface area contributed by atoms with Gasteiger partial charge in [-0.05, 0) is 56.5 Å². The SMILES string of the molecule is CCC1CCCN(CC(=O)Nc2cccc(C#N)c2)CC1. The first kappa shape index (κ1) is 15.5. The molecule has 0 aliphatic carbocycles. The van der Waals surface area contributed by atoms with E-state index in [0.29, 0.717) is 17.8 Å². The van der Waals surface area contributed by atoms with Crippen molar-refractivity contribution in [2.45, 2.75) is 32.6 Å². The average molecular weight is 285 g/mol. The van der Waals surface area contributed by atoms with E-state index >= 15 is 0 Å². The molecule has 0 saturated carbocycles. The molecule has 21 heavy (non-hydrogen) atoms. The Morgan fingerprint density at radius 1 is 1.43 bits per heavy atom. The Kier molecular flexibility index (Phi) is 5.77. The number of carbonyl (C=O) groups is 1. The highest BCUT2D eigenvalue weighted by atomic mass is 16.2. The van der Waals surface area contributed by atoms with Crippen LogP contribution in [0.1, 0.15) is 38.2 Å². The fourth-order valence-corrected chi connectivity index (χ4v) is 2.86. The lowest BCUT2D eigenvalue weighted by Crippen LogP contribution is -2.34. The van der Waals surface area contributed by atoms with Crippen molar-refractivity contribution >= 4 is 11.6 Å². The summed E-state index contributed by atoms with van der Waals surface area (Å²) in [5.74, 6) is 0.811. The molecule has 1 aromatic carbocycles. The number of likely N-dealkylation sites (tertiary alicyclic amines) is 1. The van der Waals surface area contributed by atoms with Gasteiger partial charge in [-0.15, -0.1) is 0 Å². The van der Waals surface area contributed by atoms with Gasteiger partial charge in [-0.1, -0.05) is 19.4 Å². The second-order valence-electron chi connectivity index (χ2n) is 5.72. The molecule has 1 atom stereocenters. The number of carbonyl (C=O) groups excluding carboxylic acids is 1. The van der Waals surface area contributed by atoms with Crippen molar-refractivity contribution in [3.05, 3.63) is 29.8 Å². The summed E-state index contributed by atoms with van der Waals surface area (Å²) in [5.41, 5.74) is 1.26. The Morgan fingerprint density at radius 2 is 2.29 bits per heavy atom. The van der Waals surface area contributed by atoms with E-state index in [-0.39, 0.29) is 5.91 Å². The van der Waals surface area contributed by atoms with Gasteiger partial charge in [0.15, 0.2) is 0 Å². The topological polar surface area (TPSA) is 56.1 Å². The van der Waals surface area contributed by atoms with E-state index in [0.717, 1.165) is 19.0 Å². The molecule has 1 heterocycles. The van der Waals surface area contributed by atoms with Gasteiger partial charge in [0, 0.05) is 5.69 Å². The number of nitrogens with one attached hydrogen (secondary N) is 1. The highest BCUT2D eigenvalue weighted by molar-refractivity contribution is 5.92. The van der Waals surface area contributed by atoms with Gasteiger partial charge < -0.3 is 5.32 Å². The Bertz CT molecular complexity index is 521. The minimum atomic E-state index is 0.0000354. The first-order chi connectivity index (χ1) is 10.2. The van der Waals surface area contributed by atoms with E-state index in [9.17, 15) is 4.79 Å². The predicted octanol–water partition coefficient (Wildman–Crippen LogP) is 3.01. The summed E-state index contributed by atoms with van der Waals surface area (Å²) < 4.78 is 0. The third-order valence-corrected chi connectivity index (χ3v) is 4.16. The number of amides is 1. The normalized spacial score (nSPS) is 19.5. The van der Waals surface area contributed by atoms with E-state index in [4.69, 9.17) is 5.26 Å². The molecule has 0 radical (unpaired) electrons. The summed E-state index contributed by atoms with van der Waals surface area (Å²) in [7, 11) is 0. The highest BCUT2D eigenvalue weighted by Crippen LogP contribution is 2.20. The predicted molar refractivity (Wildman–Crippen MR) is 83.9 cm³/mol. The Hall–Kier alpha value is -1.86. The van der Waals surface area contributed by atoms with E-state index in [2.05, 4.69) is 23.2 Å². The minimum absolute atomic E-state index is 0.0000354. The van der Waals surface area contributed by atoms with Gasteiger partial charge in [0.1, 0.15) is 0 Å². The summed E-state index contributed by atoms with van der Waals surface area (Å²) in [4.78, 5) is 14.3. The molecule has 1 aliphatic heterocycles. The average Bonchev–Trinajstić information content (AvgIpc) is 2.72. The largest absolute Gasteiger partial charge is 0.325 e. The molecule has 1 unspecified atom stereocenters. The maximum absolute atomic E-state index is 12.1. The van der Waals surface area contributed by atoms with Crippen LogP contribution in [0.4, 0.5) is 5.69 Å².